The summed E-state index contributed by atoms with van der Waals surface area (Å²) in [7, 11) is 1.58. The monoisotopic (exact) mass is 386 g/mol. The van der Waals surface area contributed by atoms with Crippen molar-refractivity contribution < 1.29 is 14.6 Å². The van der Waals surface area contributed by atoms with E-state index in [0.29, 0.717) is 22.9 Å². The summed E-state index contributed by atoms with van der Waals surface area (Å²) in [6, 6.07) is 23.0. The second-order valence-corrected chi connectivity index (χ2v) is 6.24. The zero-order valence-corrected chi connectivity index (χ0v) is 15.6. The maximum absolute atomic E-state index is 12.7. The molecule has 0 radical (unpaired) electrons. The van der Waals surface area contributed by atoms with Gasteiger partial charge in [0.25, 0.3) is 5.91 Å². The number of ether oxygens (including phenoxy) is 1. The van der Waals surface area contributed by atoms with Gasteiger partial charge >= 0.3 is 0 Å². The molecular formula is C22H18N4O3. The van der Waals surface area contributed by atoms with Crippen LogP contribution in [-0.2, 0) is 0 Å². The van der Waals surface area contributed by atoms with Gasteiger partial charge in [0.2, 0.25) is 5.82 Å². The van der Waals surface area contributed by atoms with E-state index in [4.69, 9.17) is 4.74 Å². The molecule has 0 bridgehead atoms. The summed E-state index contributed by atoms with van der Waals surface area (Å²) in [4.78, 5) is 17.2. The van der Waals surface area contributed by atoms with Crippen molar-refractivity contribution in [3.8, 4) is 28.6 Å². The second-order valence-electron chi connectivity index (χ2n) is 6.24. The smallest absolute Gasteiger partial charge is 0.295 e. The van der Waals surface area contributed by atoms with Crippen molar-refractivity contribution in [2.24, 2.45) is 0 Å². The number of hydrogen-bond donors (Lipinski definition) is 2. The molecule has 0 spiro atoms. The maximum Gasteiger partial charge on any atom is 0.295 e. The van der Waals surface area contributed by atoms with Gasteiger partial charge in [-0.15, -0.1) is 5.10 Å². The molecule has 0 saturated heterocycles. The van der Waals surface area contributed by atoms with E-state index >= 15 is 0 Å². The highest BCUT2D eigenvalue weighted by Gasteiger charge is 2.19. The highest BCUT2D eigenvalue weighted by atomic mass is 16.5. The highest BCUT2D eigenvalue weighted by Crippen LogP contribution is 2.23. The summed E-state index contributed by atoms with van der Waals surface area (Å²) in [6.45, 7) is 0. The van der Waals surface area contributed by atoms with Gasteiger partial charge in [-0.1, -0.05) is 30.3 Å². The molecule has 144 valence electrons. The van der Waals surface area contributed by atoms with Crippen LogP contribution >= 0.6 is 0 Å². The Bertz CT molecular complexity index is 1120. The fourth-order valence-corrected chi connectivity index (χ4v) is 2.82. The number of nitrogens with one attached hydrogen (secondary N) is 1. The molecule has 29 heavy (non-hydrogen) atoms. The van der Waals surface area contributed by atoms with Crippen LogP contribution in [0.5, 0.6) is 11.5 Å². The molecule has 4 aromatic rings. The van der Waals surface area contributed by atoms with Crippen LogP contribution in [0.3, 0.4) is 0 Å². The SMILES string of the molecule is COc1ccc(NC(=O)c2nc(-c3ccccc3)n(-c3ccc(O)cc3)n2)cc1. The predicted molar refractivity (Wildman–Crippen MR) is 109 cm³/mol. The Labute approximate surface area is 167 Å². The van der Waals surface area contributed by atoms with E-state index in [1.54, 1.807) is 60.3 Å². The predicted octanol–water partition coefficient (Wildman–Crippen LogP) is 3.90. The van der Waals surface area contributed by atoms with Gasteiger partial charge in [-0.2, -0.15) is 0 Å². The van der Waals surface area contributed by atoms with Gasteiger partial charge in [-0.05, 0) is 48.5 Å². The Kier molecular flexibility index (Phi) is 4.94. The molecule has 4 rings (SSSR count). The third-order valence-corrected chi connectivity index (χ3v) is 4.28. The molecule has 3 aromatic carbocycles. The number of aromatic hydroxyl groups is 1. The lowest BCUT2D eigenvalue weighted by molar-refractivity contribution is 0.101. The highest BCUT2D eigenvalue weighted by molar-refractivity contribution is 6.01. The molecule has 7 heteroatoms. The zero-order chi connectivity index (χ0) is 20.2. The molecule has 0 aliphatic rings. The standard InChI is InChI=1S/C22H18N4O3/c1-29-19-13-7-16(8-14-19)23-22(28)20-24-21(15-5-3-2-4-6-15)26(25-20)17-9-11-18(27)12-10-17/h2-14,27H,1H3,(H,23,28). The van der Waals surface area contributed by atoms with Crippen LogP contribution in [0.4, 0.5) is 5.69 Å². The number of carbonyl (C=O) groups is 1. The van der Waals surface area contributed by atoms with Crippen LogP contribution in [0, 0.1) is 0 Å². The fraction of sp³-hybridized carbons (Fsp3) is 0.0455. The first-order valence-corrected chi connectivity index (χ1v) is 8.91. The fourth-order valence-electron chi connectivity index (χ4n) is 2.82. The number of nitrogens with zero attached hydrogens (tertiary/aromatic N) is 3. The topological polar surface area (TPSA) is 89.3 Å². The van der Waals surface area contributed by atoms with Gasteiger partial charge < -0.3 is 15.2 Å². The third kappa shape index (κ3) is 3.93. The first kappa shape index (κ1) is 18.2. The summed E-state index contributed by atoms with van der Waals surface area (Å²) in [5.74, 6) is 0.977. The first-order chi connectivity index (χ1) is 14.1. The Morgan fingerprint density at radius 3 is 2.31 bits per heavy atom. The summed E-state index contributed by atoms with van der Waals surface area (Å²) in [6.07, 6.45) is 0. The van der Waals surface area contributed by atoms with Crippen molar-refractivity contribution in [3.05, 3.63) is 84.7 Å². The number of carbonyl (C=O) groups excluding carboxylic acids is 1. The number of anilines is 1. The number of phenols is 1. The molecular weight excluding hydrogens is 368 g/mol. The van der Waals surface area contributed by atoms with E-state index in [2.05, 4.69) is 15.4 Å². The molecule has 0 aliphatic carbocycles. The maximum atomic E-state index is 12.7. The van der Waals surface area contributed by atoms with E-state index in [-0.39, 0.29) is 11.6 Å². The van der Waals surface area contributed by atoms with E-state index in [9.17, 15) is 9.90 Å². The van der Waals surface area contributed by atoms with Gasteiger partial charge in [0.1, 0.15) is 11.5 Å². The number of amides is 1. The lowest BCUT2D eigenvalue weighted by Gasteiger charge is -2.05. The van der Waals surface area contributed by atoms with E-state index in [1.807, 2.05) is 30.3 Å². The second kappa shape index (κ2) is 7.85. The first-order valence-electron chi connectivity index (χ1n) is 8.91. The minimum absolute atomic E-state index is 0.0350. The number of aromatic nitrogens is 3. The van der Waals surface area contributed by atoms with Crippen LogP contribution in [0.1, 0.15) is 10.6 Å². The van der Waals surface area contributed by atoms with Crippen molar-refractivity contribution in [2.45, 2.75) is 0 Å². The van der Waals surface area contributed by atoms with Crippen molar-refractivity contribution >= 4 is 11.6 Å². The minimum atomic E-state index is -0.426. The van der Waals surface area contributed by atoms with E-state index < -0.39 is 5.91 Å². The van der Waals surface area contributed by atoms with Gasteiger partial charge in [-0.25, -0.2) is 9.67 Å². The molecule has 7 nitrogen and oxygen atoms in total. The number of rotatable bonds is 5. The minimum Gasteiger partial charge on any atom is -0.508 e. The molecule has 1 aromatic heterocycles. The average Bonchev–Trinajstić information content (AvgIpc) is 3.21. The lowest BCUT2D eigenvalue weighted by Crippen LogP contribution is -2.14. The molecule has 0 fully saturated rings. The largest absolute Gasteiger partial charge is 0.508 e. The molecule has 1 amide bonds. The Balaban J connectivity index is 1.70. The summed E-state index contributed by atoms with van der Waals surface area (Å²) < 4.78 is 6.71. The molecule has 0 atom stereocenters. The van der Waals surface area contributed by atoms with Crippen molar-refractivity contribution in [1.29, 1.82) is 0 Å². The van der Waals surface area contributed by atoms with E-state index in [0.717, 1.165) is 5.56 Å². The van der Waals surface area contributed by atoms with Crippen LogP contribution in [0.15, 0.2) is 78.9 Å². The number of hydrogen-bond acceptors (Lipinski definition) is 5. The van der Waals surface area contributed by atoms with Gasteiger partial charge in [0.05, 0.1) is 12.8 Å². The normalized spacial score (nSPS) is 10.5. The Morgan fingerprint density at radius 2 is 1.66 bits per heavy atom. The van der Waals surface area contributed by atoms with Crippen LogP contribution in [0.2, 0.25) is 0 Å². The molecule has 0 saturated carbocycles. The summed E-state index contributed by atoms with van der Waals surface area (Å²) >= 11 is 0. The molecule has 0 unspecified atom stereocenters. The zero-order valence-electron chi connectivity index (χ0n) is 15.6. The molecule has 1 heterocycles. The van der Waals surface area contributed by atoms with Crippen LogP contribution in [0.25, 0.3) is 17.1 Å². The van der Waals surface area contributed by atoms with Crippen molar-refractivity contribution in [3.63, 3.8) is 0 Å². The van der Waals surface area contributed by atoms with Crippen LogP contribution < -0.4 is 10.1 Å². The summed E-state index contributed by atoms with van der Waals surface area (Å²) in [5.41, 5.74) is 2.10. The van der Waals surface area contributed by atoms with Crippen molar-refractivity contribution in [2.75, 3.05) is 12.4 Å². The lowest BCUT2D eigenvalue weighted by atomic mass is 10.2. The summed E-state index contributed by atoms with van der Waals surface area (Å²) in [5, 5.41) is 16.8. The number of benzene rings is 3. The molecule has 2 N–H and O–H groups in total. The number of phenolic OH excluding ortho intramolecular Hbond substituents is 1. The third-order valence-electron chi connectivity index (χ3n) is 4.28. The van der Waals surface area contributed by atoms with Crippen molar-refractivity contribution in [1.82, 2.24) is 14.8 Å². The quantitative estimate of drug-likeness (QED) is 0.543. The van der Waals surface area contributed by atoms with E-state index in [1.165, 1.54) is 0 Å². The average molecular weight is 386 g/mol. The Hall–Kier alpha value is -4.13. The van der Waals surface area contributed by atoms with Gasteiger partial charge in [0, 0.05) is 11.3 Å². The van der Waals surface area contributed by atoms with Gasteiger partial charge in [-0.3, -0.25) is 4.79 Å². The Morgan fingerprint density at radius 1 is 0.966 bits per heavy atom. The van der Waals surface area contributed by atoms with Crippen LogP contribution in [-0.4, -0.2) is 32.9 Å². The number of methoxy groups -OCH3 is 1. The van der Waals surface area contributed by atoms with Gasteiger partial charge in [0.15, 0.2) is 5.82 Å². The molecule has 0 aliphatic heterocycles.